The number of nitrogens with one attached hydrogen (secondary N) is 2. The van der Waals surface area contributed by atoms with Crippen LogP contribution in [0.4, 0.5) is 11.8 Å². The van der Waals surface area contributed by atoms with E-state index in [9.17, 15) is 15.3 Å². The van der Waals surface area contributed by atoms with Crippen molar-refractivity contribution in [3.63, 3.8) is 0 Å². The first-order valence-corrected chi connectivity index (χ1v) is 11.5. The Morgan fingerprint density at radius 2 is 2.00 bits per heavy atom. The summed E-state index contributed by atoms with van der Waals surface area (Å²) >= 11 is 8.08. The minimum Gasteiger partial charge on any atom is -0.396 e. The van der Waals surface area contributed by atoms with Crippen LogP contribution in [-0.4, -0.2) is 74.9 Å². The molecule has 1 aliphatic carbocycles. The van der Waals surface area contributed by atoms with Crippen LogP contribution in [-0.2, 0) is 4.74 Å². The van der Waals surface area contributed by atoms with Crippen LogP contribution in [0, 0.1) is 5.92 Å². The Hall–Kier alpha value is -2.08. The summed E-state index contributed by atoms with van der Waals surface area (Å²) in [7, 11) is 1.61. The van der Waals surface area contributed by atoms with Crippen LogP contribution in [0.1, 0.15) is 13.3 Å². The molecule has 1 fully saturated rings. The van der Waals surface area contributed by atoms with E-state index in [1.54, 1.807) is 7.11 Å². The highest BCUT2D eigenvalue weighted by Gasteiger charge is 2.41. The maximum Gasteiger partial charge on any atom is 0.226 e. The van der Waals surface area contributed by atoms with Gasteiger partial charge in [-0.05, 0) is 25.5 Å². The molecule has 0 radical (unpaired) electrons. The summed E-state index contributed by atoms with van der Waals surface area (Å²) in [5.74, 6) is 0.273. The average Bonchev–Trinajstić information content (AvgIpc) is 3.29. The predicted octanol–water partition coefficient (Wildman–Crippen LogP) is 2.37. The van der Waals surface area contributed by atoms with Crippen molar-refractivity contribution in [2.45, 2.75) is 37.6 Å². The first kappa shape index (κ1) is 23.1. The molecule has 0 bridgehead atoms. The standard InChI is InChI=1S/C21H26ClN5O4S/c1-10(9-31-2)23-21-26-18(22)15(20-25-12-5-3-4-6-14(12)32-20)19(27-21)24-13-7-11(8-28)16(29)17(13)30/h3-6,10-11,13,16-17,28-30H,7-9H2,1-2H3,(H2,23,24,26,27)/t10-,11+,13+,16+,17-/m0/s1. The summed E-state index contributed by atoms with van der Waals surface area (Å²) in [6, 6.07) is 7.17. The van der Waals surface area contributed by atoms with Gasteiger partial charge < -0.3 is 30.7 Å². The predicted molar refractivity (Wildman–Crippen MR) is 125 cm³/mol. The first-order valence-electron chi connectivity index (χ1n) is 10.3. The van der Waals surface area contributed by atoms with E-state index in [2.05, 4.69) is 25.6 Å². The summed E-state index contributed by atoms with van der Waals surface area (Å²) in [4.78, 5) is 13.7. The van der Waals surface area contributed by atoms with Gasteiger partial charge in [0.05, 0.1) is 34.5 Å². The Balaban J connectivity index is 1.74. The number of aliphatic hydroxyl groups is 3. The van der Waals surface area contributed by atoms with Crippen LogP contribution in [0.2, 0.25) is 5.15 Å². The van der Waals surface area contributed by atoms with Crippen molar-refractivity contribution in [3.8, 4) is 10.6 Å². The molecule has 2 heterocycles. The fourth-order valence-electron chi connectivity index (χ4n) is 3.91. The van der Waals surface area contributed by atoms with Gasteiger partial charge in [-0.15, -0.1) is 11.3 Å². The monoisotopic (exact) mass is 479 g/mol. The number of aliphatic hydroxyl groups excluding tert-OH is 3. The molecule has 5 atom stereocenters. The van der Waals surface area contributed by atoms with E-state index in [0.29, 0.717) is 35.4 Å². The number of fused-ring (bicyclic) bond motifs is 1. The zero-order chi connectivity index (χ0) is 22.8. The number of aromatic nitrogens is 3. The van der Waals surface area contributed by atoms with Crippen LogP contribution in [0.3, 0.4) is 0 Å². The molecule has 3 aromatic rings. The summed E-state index contributed by atoms with van der Waals surface area (Å²) in [6.45, 7) is 2.17. The SMILES string of the molecule is COC[C@H](C)Nc1nc(Cl)c(-c2nc3ccccc3s2)c(N[C@@H]2C[C@H](CO)[C@@H](O)[C@H]2O)n1. The highest BCUT2D eigenvalue weighted by Crippen LogP contribution is 2.40. The van der Waals surface area contributed by atoms with E-state index in [0.717, 1.165) is 10.2 Å². The fourth-order valence-corrected chi connectivity index (χ4v) is 5.24. The van der Waals surface area contributed by atoms with Crippen molar-refractivity contribution in [1.82, 2.24) is 15.0 Å². The van der Waals surface area contributed by atoms with Crippen molar-refractivity contribution in [3.05, 3.63) is 29.4 Å². The molecule has 9 nitrogen and oxygen atoms in total. The molecular formula is C21H26ClN5O4S. The van der Waals surface area contributed by atoms with Crippen LogP contribution in [0.5, 0.6) is 0 Å². The van der Waals surface area contributed by atoms with Gasteiger partial charge in [-0.3, -0.25) is 0 Å². The normalized spacial score (nSPS) is 24.1. The quantitative estimate of drug-likeness (QED) is 0.309. The maximum absolute atomic E-state index is 10.5. The minimum absolute atomic E-state index is 0.0603. The molecule has 1 aliphatic rings. The molecule has 1 aromatic carbocycles. The molecule has 1 saturated carbocycles. The van der Waals surface area contributed by atoms with E-state index in [1.807, 2.05) is 31.2 Å². The van der Waals surface area contributed by atoms with Gasteiger partial charge in [0, 0.05) is 25.7 Å². The lowest BCUT2D eigenvalue weighted by Crippen LogP contribution is -2.35. The van der Waals surface area contributed by atoms with Gasteiger partial charge in [-0.25, -0.2) is 9.97 Å². The molecule has 0 saturated heterocycles. The molecule has 0 spiro atoms. The molecular weight excluding hydrogens is 454 g/mol. The Labute approximate surface area is 194 Å². The number of thiazole rings is 1. The van der Waals surface area contributed by atoms with Crippen LogP contribution < -0.4 is 10.6 Å². The Morgan fingerprint density at radius 3 is 2.69 bits per heavy atom. The van der Waals surface area contributed by atoms with Crippen LogP contribution in [0.25, 0.3) is 20.8 Å². The minimum atomic E-state index is -1.06. The highest BCUT2D eigenvalue weighted by molar-refractivity contribution is 7.21. The number of hydrogen-bond donors (Lipinski definition) is 5. The Kier molecular flexibility index (Phi) is 7.08. The zero-order valence-electron chi connectivity index (χ0n) is 17.7. The van der Waals surface area contributed by atoms with Gasteiger partial charge >= 0.3 is 0 Å². The molecule has 0 unspecified atom stereocenters. The van der Waals surface area contributed by atoms with E-state index in [-0.39, 0.29) is 17.8 Å². The number of nitrogens with zero attached hydrogens (tertiary/aromatic N) is 3. The molecule has 11 heteroatoms. The van der Waals surface area contributed by atoms with Crippen LogP contribution in [0.15, 0.2) is 24.3 Å². The highest BCUT2D eigenvalue weighted by atomic mass is 35.5. The summed E-state index contributed by atoms with van der Waals surface area (Å²) in [5, 5.41) is 37.5. The number of ether oxygens (including phenoxy) is 1. The van der Waals surface area contributed by atoms with Gasteiger partial charge in [0.15, 0.2) is 0 Å². The van der Waals surface area contributed by atoms with Gasteiger partial charge in [0.1, 0.15) is 22.1 Å². The summed E-state index contributed by atoms with van der Waals surface area (Å²) < 4.78 is 6.16. The van der Waals surface area contributed by atoms with E-state index < -0.39 is 24.2 Å². The Morgan fingerprint density at radius 1 is 1.22 bits per heavy atom. The van der Waals surface area contributed by atoms with Gasteiger partial charge in [-0.2, -0.15) is 4.98 Å². The first-order chi connectivity index (χ1) is 15.4. The van der Waals surface area contributed by atoms with Crippen molar-refractivity contribution in [2.75, 3.05) is 31.0 Å². The molecule has 4 rings (SSSR count). The number of para-hydroxylation sites is 1. The third-order valence-corrected chi connectivity index (χ3v) is 6.85. The number of rotatable bonds is 8. The van der Waals surface area contributed by atoms with Gasteiger partial charge in [0.25, 0.3) is 0 Å². The number of hydrogen-bond acceptors (Lipinski definition) is 10. The number of methoxy groups -OCH3 is 1. The lowest BCUT2D eigenvalue weighted by molar-refractivity contribution is 0.00446. The molecule has 2 aromatic heterocycles. The van der Waals surface area contributed by atoms with Crippen molar-refractivity contribution >= 4 is 44.9 Å². The molecule has 172 valence electrons. The second-order valence-electron chi connectivity index (χ2n) is 7.96. The topological polar surface area (TPSA) is 133 Å². The number of benzene rings is 1. The third-order valence-electron chi connectivity index (χ3n) is 5.52. The lowest BCUT2D eigenvalue weighted by Gasteiger charge is -2.21. The Bertz CT molecular complexity index is 1050. The maximum atomic E-state index is 10.5. The van der Waals surface area contributed by atoms with Crippen molar-refractivity contribution in [2.24, 2.45) is 5.92 Å². The smallest absolute Gasteiger partial charge is 0.226 e. The third kappa shape index (κ3) is 4.66. The van der Waals surface area contributed by atoms with Gasteiger partial charge in [0.2, 0.25) is 5.95 Å². The van der Waals surface area contributed by atoms with E-state index >= 15 is 0 Å². The van der Waals surface area contributed by atoms with E-state index in [1.165, 1.54) is 11.3 Å². The number of halogens is 1. The van der Waals surface area contributed by atoms with E-state index in [4.69, 9.17) is 16.3 Å². The number of anilines is 2. The molecule has 5 N–H and O–H groups in total. The molecule has 0 aliphatic heterocycles. The second-order valence-corrected chi connectivity index (χ2v) is 9.35. The zero-order valence-corrected chi connectivity index (χ0v) is 19.3. The average molecular weight is 480 g/mol. The lowest BCUT2D eigenvalue weighted by atomic mass is 10.1. The molecule has 32 heavy (non-hydrogen) atoms. The summed E-state index contributed by atoms with van der Waals surface area (Å²) in [5.41, 5.74) is 1.36. The van der Waals surface area contributed by atoms with Crippen molar-refractivity contribution < 1.29 is 20.1 Å². The van der Waals surface area contributed by atoms with Gasteiger partial charge in [-0.1, -0.05) is 23.7 Å². The molecule has 0 amide bonds. The largest absolute Gasteiger partial charge is 0.396 e. The van der Waals surface area contributed by atoms with Crippen molar-refractivity contribution in [1.29, 1.82) is 0 Å². The summed E-state index contributed by atoms with van der Waals surface area (Å²) in [6.07, 6.45) is -1.71. The fraction of sp³-hybridized carbons (Fsp3) is 0.476. The van der Waals surface area contributed by atoms with Crippen LogP contribution >= 0.6 is 22.9 Å². The second kappa shape index (κ2) is 9.82.